The molecule has 6 aliphatic rings. The van der Waals surface area contributed by atoms with Crippen LogP contribution in [0.5, 0.6) is 5.75 Å². The number of carbonyl (C=O) groups excluding carboxylic acids is 2. The van der Waals surface area contributed by atoms with E-state index in [0.29, 0.717) is 18.3 Å². The highest BCUT2D eigenvalue weighted by Gasteiger charge is 2.62. The molecule has 1 saturated carbocycles. The minimum absolute atomic E-state index is 0.00169. The van der Waals surface area contributed by atoms with Crippen LogP contribution < -0.4 is 10.1 Å². The van der Waals surface area contributed by atoms with Crippen molar-refractivity contribution in [2.75, 3.05) is 41.0 Å². The van der Waals surface area contributed by atoms with Crippen LogP contribution in [-0.2, 0) is 37.3 Å². The van der Waals surface area contributed by atoms with E-state index < -0.39 is 5.41 Å². The van der Waals surface area contributed by atoms with Crippen LogP contribution in [0.2, 0.25) is 0 Å². The summed E-state index contributed by atoms with van der Waals surface area (Å²) < 4.78 is 17.5. The normalized spacial score (nSPS) is 33.2. The largest absolute Gasteiger partial charge is 0.496 e. The van der Waals surface area contributed by atoms with Crippen molar-refractivity contribution < 1.29 is 23.8 Å². The number of nitrogens with zero attached hydrogens (tertiary/aromatic N) is 1. The number of aromatic nitrogens is 2. The summed E-state index contributed by atoms with van der Waals surface area (Å²) in [6.45, 7) is 7.08. The van der Waals surface area contributed by atoms with Crippen LogP contribution in [0.3, 0.4) is 0 Å². The van der Waals surface area contributed by atoms with E-state index in [-0.39, 0.29) is 41.8 Å². The molecule has 51 heavy (non-hydrogen) atoms. The molecule has 3 N–H and O–H groups in total. The highest BCUT2D eigenvalue weighted by atomic mass is 16.5. The van der Waals surface area contributed by atoms with Gasteiger partial charge in [-0.15, -0.1) is 0 Å². The highest BCUT2D eigenvalue weighted by Crippen LogP contribution is 2.56. The number of H-pyrrole nitrogens is 2. The first kappa shape index (κ1) is 32.8. The maximum Gasteiger partial charge on any atom is 0.319 e. The zero-order valence-electron chi connectivity index (χ0n) is 30.4. The first-order chi connectivity index (χ1) is 24.8. The Labute approximate surface area is 299 Å². The average molecular weight is 691 g/mol. The van der Waals surface area contributed by atoms with Crippen LogP contribution in [0.1, 0.15) is 73.5 Å². The Balaban J connectivity index is 1.27. The van der Waals surface area contributed by atoms with E-state index in [2.05, 4.69) is 76.5 Å². The number of aromatic amines is 2. The van der Waals surface area contributed by atoms with Gasteiger partial charge in [-0.3, -0.25) is 14.5 Å². The fourth-order valence-electron chi connectivity index (χ4n) is 11.7. The third-order valence-electron chi connectivity index (χ3n) is 13.7. The molecule has 4 aliphatic heterocycles. The summed E-state index contributed by atoms with van der Waals surface area (Å²) in [5, 5.41) is 6.06. The molecule has 3 saturated heterocycles. The molecule has 9 atom stereocenters. The molecule has 6 heterocycles. The van der Waals surface area contributed by atoms with Gasteiger partial charge in [0.25, 0.3) is 0 Å². The van der Waals surface area contributed by atoms with Crippen LogP contribution in [0.4, 0.5) is 0 Å². The lowest BCUT2D eigenvalue weighted by atomic mass is 9.56. The molecular formula is C42H50N4O5. The van der Waals surface area contributed by atoms with Gasteiger partial charge in [-0.25, -0.2) is 0 Å². The van der Waals surface area contributed by atoms with Crippen molar-refractivity contribution in [2.24, 2.45) is 23.7 Å². The average Bonchev–Trinajstić information content (AvgIpc) is 3.68. The molecule has 2 aromatic heterocycles. The molecule has 268 valence electrons. The molecule has 2 unspecified atom stereocenters. The van der Waals surface area contributed by atoms with E-state index in [1.165, 1.54) is 41.3 Å². The van der Waals surface area contributed by atoms with Gasteiger partial charge in [-0.05, 0) is 80.0 Å². The number of carbonyl (C=O) groups is 2. The van der Waals surface area contributed by atoms with Crippen molar-refractivity contribution >= 4 is 33.7 Å². The summed E-state index contributed by atoms with van der Waals surface area (Å²) in [5.74, 6) is 1.06. The molecule has 0 amide bonds. The van der Waals surface area contributed by atoms with E-state index in [1.807, 2.05) is 0 Å². The number of piperidine rings is 3. The molecule has 0 spiro atoms. The summed E-state index contributed by atoms with van der Waals surface area (Å²) >= 11 is 0. The van der Waals surface area contributed by atoms with Gasteiger partial charge in [0.1, 0.15) is 11.2 Å². The van der Waals surface area contributed by atoms with Crippen LogP contribution in [-0.4, -0.2) is 79.9 Å². The summed E-state index contributed by atoms with van der Waals surface area (Å²) in [6.07, 6.45) is 7.54. The maximum atomic E-state index is 14.2. The molecule has 4 fully saturated rings. The van der Waals surface area contributed by atoms with Gasteiger partial charge in [0, 0.05) is 82.5 Å². The number of hydrogen-bond donors (Lipinski definition) is 3. The smallest absolute Gasteiger partial charge is 0.319 e. The fraction of sp³-hybridized carbons (Fsp3) is 0.524. The second-order valence-electron chi connectivity index (χ2n) is 15.8. The van der Waals surface area contributed by atoms with Gasteiger partial charge in [-0.1, -0.05) is 43.2 Å². The van der Waals surface area contributed by atoms with Crippen molar-refractivity contribution in [2.45, 2.75) is 75.8 Å². The minimum atomic E-state index is -0.724. The first-order valence-electron chi connectivity index (χ1n) is 19.0. The zero-order chi connectivity index (χ0) is 35.2. The Bertz CT molecular complexity index is 2080. The molecule has 9 nitrogen and oxygen atoms in total. The molecule has 6 bridgehead atoms. The van der Waals surface area contributed by atoms with Gasteiger partial charge < -0.3 is 29.5 Å². The number of benzene rings is 2. The number of nitrogens with one attached hydrogen (secondary N) is 3. The second kappa shape index (κ2) is 12.3. The Hall–Kier alpha value is -4.08. The van der Waals surface area contributed by atoms with Gasteiger partial charge in [0.15, 0.2) is 0 Å². The molecule has 10 rings (SSSR count). The number of hydrogen-bond acceptors (Lipinski definition) is 7. The van der Waals surface area contributed by atoms with E-state index in [0.717, 1.165) is 78.7 Å². The van der Waals surface area contributed by atoms with Crippen LogP contribution >= 0.6 is 0 Å². The molecule has 0 radical (unpaired) electrons. The number of fused-ring (bicyclic) bond motifs is 9. The van der Waals surface area contributed by atoms with Crippen LogP contribution in [0.25, 0.3) is 21.8 Å². The first-order valence-corrected chi connectivity index (χ1v) is 19.0. The summed E-state index contributed by atoms with van der Waals surface area (Å²) in [7, 11) is 4.82. The van der Waals surface area contributed by atoms with Crippen molar-refractivity contribution in [3.05, 3.63) is 76.1 Å². The lowest BCUT2D eigenvalue weighted by Gasteiger charge is -2.57. The Morgan fingerprint density at radius 1 is 1.02 bits per heavy atom. The van der Waals surface area contributed by atoms with Crippen molar-refractivity contribution in [1.82, 2.24) is 20.2 Å². The third kappa shape index (κ3) is 4.66. The summed E-state index contributed by atoms with van der Waals surface area (Å²) in [6, 6.07) is 13.1. The zero-order valence-corrected chi connectivity index (χ0v) is 30.4. The van der Waals surface area contributed by atoms with Crippen molar-refractivity contribution in [1.29, 1.82) is 0 Å². The summed E-state index contributed by atoms with van der Waals surface area (Å²) in [4.78, 5) is 38.2. The number of rotatable bonds is 5. The Morgan fingerprint density at radius 2 is 1.86 bits per heavy atom. The third-order valence-corrected chi connectivity index (χ3v) is 13.7. The van der Waals surface area contributed by atoms with Gasteiger partial charge in [-0.2, -0.15) is 0 Å². The Kier molecular flexibility index (Phi) is 7.89. The van der Waals surface area contributed by atoms with Gasteiger partial charge in [0.05, 0.1) is 27.2 Å². The molecule has 4 aromatic rings. The number of allylic oxidation sites excluding steroid dienone is 1. The van der Waals surface area contributed by atoms with E-state index in [1.54, 1.807) is 14.2 Å². The number of esters is 2. The molecular weight excluding hydrogens is 640 g/mol. The number of ether oxygens (including phenoxy) is 3. The lowest BCUT2D eigenvalue weighted by molar-refractivity contribution is -0.162. The summed E-state index contributed by atoms with van der Waals surface area (Å²) in [5.41, 5.74) is 8.42. The Morgan fingerprint density at radius 3 is 2.63 bits per heavy atom. The van der Waals surface area contributed by atoms with Crippen molar-refractivity contribution in [3.8, 4) is 5.75 Å². The topological polar surface area (TPSA) is 109 Å². The quantitative estimate of drug-likeness (QED) is 0.170. The van der Waals surface area contributed by atoms with E-state index >= 15 is 0 Å². The van der Waals surface area contributed by atoms with Crippen molar-refractivity contribution in [3.63, 3.8) is 0 Å². The lowest BCUT2D eigenvalue weighted by Crippen LogP contribution is -2.67. The second-order valence-corrected chi connectivity index (χ2v) is 15.8. The SMILES string of the molecule is C/C=C1/CN[C@@H]2Cc3c([nH]c4ccccc34)[C@@H](c3cc4c5c([nH]c4cc3OC)[C@]3(C(=O)OC)C[C@@H]4C[C@H](CC)[C@@H]3N(CC5)C4)C[C@@H]1C2C(=O)OC. The maximum absolute atomic E-state index is 14.2. The molecule has 2 aliphatic carbocycles. The van der Waals surface area contributed by atoms with Crippen LogP contribution in [0, 0.1) is 23.7 Å². The molecule has 2 aromatic carbocycles. The van der Waals surface area contributed by atoms with Gasteiger partial charge >= 0.3 is 11.9 Å². The number of methoxy groups -OCH3 is 3. The number of para-hydroxylation sites is 1. The predicted octanol–water partition coefficient (Wildman–Crippen LogP) is 6.15. The fourth-order valence-corrected chi connectivity index (χ4v) is 11.7. The highest BCUT2D eigenvalue weighted by molar-refractivity contribution is 5.93. The predicted molar refractivity (Wildman–Crippen MR) is 197 cm³/mol. The molecule has 9 heteroatoms. The standard InChI is InChI=1S/C42H50N4O5/c1-6-23-14-22-19-42(41(48)51-5)38-26(12-13-46(21-22)39(23)42)28-16-29(35(49-3)18-33(28)45-38)30-15-27-24(7-2)20-43-34(36(27)40(47)50-4)17-31-25-10-8-9-11-32(25)44-37(30)31/h7-11,16,18,22-23,27,30,34,36,39,43-45H,6,12-15,17,19-21H2,1-5H3/b24-7-/t22-,23-,27-,30+,34+,36?,39-,42+/m0/s1. The monoisotopic (exact) mass is 690 g/mol. The van der Waals surface area contributed by atoms with E-state index in [9.17, 15) is 9.59 Å². The van der Waals surface area contributed by atoms with Crippen LogP contribution in [0.15, 0.2) is 48.0 Å². The minimum Gasteiger partial charge on any atom is -0.496 e. The van der Waals surface area contributed by atoms with E-state index in [4.69, 9.17) is 14.2 Å². The van der Waals surface area contributed by atoms with Gasteiger partial charge in [0.2, 0.25) is 0 Å².